The van der Waals surface area contributed by atoms with E-state index in [4.69, 9.17) is 5.73 Å². The number of halogens is 3. The van der Waals surface area contributed by atoms with Crippen LogP contribution < -0.4 is 16.6 Å². The minimum absolute atomic E-state index is 0.0414. The van der Waals surface area contributed by atoms with Gasteiger partial charge in [0, 0.05) is 22.0 Å². The van der Waals surface area contributed by atoms with Gasteiger partial charge in [0.15, 0.2) is 0 Å². The number of rotatable bonds is 4. The van der Waals surface area contributed by atoms with E-state index in [2.05, 4.69) is 10.4 Å². The summed E-state index contributed by atoms with van der Waals surface area (Å²) in [5.41, 5.74) is 4.91. The number of carbonyl (C=O) groups excluding carboxylic acids is 1. The standard InChI is InChI=1S/C19H17F3N4O2S/c1-10-5-15(9-29-10)26-17(27)4-3-16(25-26)18(28)24-11(2)12-6-13(19(20,21)22)8-14(23)7-12/h3-9,11H,23H2,1-2H3,(H,24,28)/t11-/m1/s1. The Morgan fingerprint density at radius 1 is 1.24 bits per heavy atom. The normalized spacial score (nSPS) is 12.6. The summed E-state index contributed by atoms with van der Waals surface area (Å²) in [4.78, 5) is 25.6. The molecule has 0 spiro atoms. The van der Waals surface area contributed by atoms with Crippen LogP contribution in [0, 0.1) is 6.92 Å². The van der Waals surface area contributed by atoms with Crippen molar-refractivity contribution >= 4 is 22.9 Å². The van der Waals surface area contributed by atoms with Crippen LogP contribution in [0.25, 0.3) is 5.69 Å². The van der Waals surface area contributed by atoms with Gasteiger partial charge < -0.3 is 11.1 Å². The van der Waals surface area contributed by atoms with Crippen LogP contribution >= 0.6 is 11.3 Å². The molecule has 2 heterocycles. The summed E-state index contributed by atoms with van der Waals surface area (Å²) < 4.78 is 40.1. The number of alkyl halides is 3. The minimum Gasteiger partial charge on any atom is -0.399 e. The van der Waals surface area contributed by atoms with Gasteiger partial charge in [0.05, 0.1) is 17.3 Å². The number of nitrogen functional groups attached to an aromatic ring is 1. The molecule has 1 amide bonds. The molecule has 0 saturated heterocycles. The Hall–Kier alpha value is -3.14. The molecule has 6 nitrogen and oxygen atoms in total. The van der Waals surface area contributed by atoms with Crippen molar-refractivity contribution < 1.29 is 18.0 Å². The van der Waals surface area contributed by atoms with Crippen LogP contribution in [-0.4, -0.2) is 15.7 Å². The molecule has 152 valence electrons. The fraction of sp³-hybridized carbons (Fsp3) is 0.211. The molecule has 3 rings (SSSR count). The van der Waals surface area contributed by atoms with Crippen LogP contribution in [0.3, 0.4) is 0 Å². The Bertz CT molecular complexity index is 1120. The number of benzene rings is 1. The quantitative estimate of drug-likeness (QED) is 0.628. The maximum absolute atomic E-state index is 13.0. The highest BCUT2D eigenvalue weighted by molar-refractivity contribution is 7.10. The van der Waals surface area contributed by atoms with Crippen molar-refractivity contribution in [1.82, 2.24) is 15.1 Å². The summed E-state index contributed by atoms with van der Waals surface area (Å²) in [7, 11) is 0. The molecule has 3 N–H and O–H groups in total. The molecule has 0 aliphatic heterocycles. The largest absolute Gasteiger partial charge is 0.416 e. The van der Waals surface area contributed by atoms with E-state index in [9.17, 15) is 22.8 Å². The van der Waals surface area contributed by atoms with Gasteiger partial charge in [-0.25, -0.2) is 0 Å². The summed E-state index contributed by atoms with van der Waals surface area (Å²) in [6, 6.07) is 6.60. The Morgan fingerprint density at radius 3 is 2.59 bits per heavy atom. The molecular formula is C19H17F3N4O2S. The lowest BCUT2D eigenvalue weighted by molar-refractivity contribution is -0.137. The first kappa shape index (κ1) is 20.6. The molecule has 0 aliphatic rings. The molecule has 2 aromatic heterocycles. The third kappa shape index (κ3) is 4.65. The van der Waals surface area contributed by atoms with E-state index < -0.39 is 29.2 Å². The van der Waals surface area contributed by atoms with Gasteiger partial charge in [-0.05, 0) is 49.7 Å². The first-order chi connectivity index (χ1) is 13.5. The maximum Gasteiger partial charge on any atom is 0.416 e. The number of hydrogen-bond donors (Lipinski definition) is 2. The van der Waals surface area contributed by atoms with Crippen molar-refractivity contribution in [2.45, 2.75) is 26.1 Å². The first-order valence-corrected chi connectivity index (χ1v) is 9.37. The Kier molecular flexibility index (Phi) is 5.47. The highest BCUT2D eigenvalue weighted by Gasteiger charge is 2.31. The van der Waals surface area contributed by atoms with Crippen molar-refractivity contribution in [1.29, 1.82) is 0 Å². The predicted molar refractivity (Wildman–Crippen MR) is 104 cm³/mol. The van der Waals surface area contributed by atoms with Crippen molar-refractivity contribution in [3.05, 3.63) is 73.8 Å². The fourth-order valence-corrected chi connectivity index (χ4v) is 3.37. The van der Waals surface area contributed by atoms with Crippen LogP contribution in [0.5, 0.6) is 0 Å². The highest BCUT2D eigenvalue weighted by Crippen LogP contribution is 2.32. The third-order valence-electron chi connectivity index (χ3n) is 4.15. The SMILES string of the molecule is Cc1cc(-n2nc(C(=O)N[C@H](C)c3cc(N)cc(C(F)(F)F)c3)ccc2=O)cs1. The third-order valence-corrected chi connectivity index (χ3v) is 5.00. The number of amides is 1. The summed E-state index contributed by atoms with van der Waals surface area (Å²) in [5, 5.41) is 8.39. The molecular weight excluding hydrogens is 405 g/mol. The second kappa shape index (κ2) is 7.70. The van der Waals surface area contributed by atoms with Crippen molar-refractivity contribution in [2.24, 2.45) is 0 Å². The van der Waals surface area contributed by atoms with Gasteiger partial charge in [0.2, 0.25) is 0 Å². The lowest BCUT2D eigenvalue weighted by Crippen LogP contribution is -2.30. The number of hydrogen-bond acceptors (Lipinski definition) is 5. The van der Waals surface area contributed by atoms with Gasteiger partial charge >= 0.3 is 6.18 Å². The van der Waals surface area contributed by atoms with Crippen LogP contribution in [0.2, 0.25) is 0 Å². The zero-order chi connectivity index (χ0) is 21.3. The van der Waals surface area contributed by atoms with Crippen LogP contribution in [0.15, 0.2) is 46.6 Å². The van der Waals surface area contributed by atoms with E-state index in [1.807, 2.05) is 6.92 Å². The number of nitrogens with one attached hydrogen (secondary N) is 1. The Balaban J connectivity index is 1.86. The minimum atomic E-state index is -4.55. The molecule has 10 heteroatoms. The number of nitrogens with zero attached hydrogens (tertiary/aromatic N) is 2. The molecule has 0 saturated carbocycles. The van der Waals surface area contributed by atoms with Crippen molar-refractivity contribution in [2.75, 3.05) is 5.73 Å². The number of aryl methyl sites for hydroxylation is 1. The highest BCUT2D eigenvalue weighted by atomic mass is 32.1. The summed E-state index contributed by atoms with van der Waals surface area (Å²) >= 11 is 1.43. The van der Waals surface area contributed by atoms with Gasteiger partial charge in [0.1, 0.15) is 5.69 Å². The molecule has 29 heavy (non-hydrogen) atoms. The number of nitrogens with two attached hydrogens (primary N) is 1. The van der Waals surface area contributed by atoms with Gasteiger partial charge in [0.25, 0.3) is 11.5 Å². The van der Waals surface area contributed by atoms with Crippen molar-refractivity contribution in [3.8, 4) is 5.69 Å². The maximum atomic E-state index is 13.0. The summed E-state index contributed by atoms with van der Waals surface area (Å²) in [5.74, 6) is -0.630. The zero-order valence-electron chi connectivity index (χ0n) is 15.4. The van der Waals surface area contributed by atoms with E-state index in [0.717, 1.165) is 21.7 Å². The molecule has 1 atom stereocenters. The van der Waals surface area contributed by atoms with E-state index in [1.54, 1.807) is 11.4 Å². The number of aromatic nitrogens is 2. The van der Waals surface area contributed by atoms with Crippen LogP contribution in [0.1, 0.15) is 39.5 Å². The molecule has 0 bridgehead atoms. The molecule has 0 unspecified atom stereocenters. The average molecular weight is 422 g/mol. The lowest BCUT2D eigenvalue weighted by atomic mass is 10.0. The van der Waals surface area contributed by atoms with Crippen molar-refractivity contribution in [3.63, 3.8) is 0 Å². The monoisotopic (exact) mass is 422 g/mol. The van der Waals surface area contributed by atoms with Crippen LogP contribution in [0.4, 0.5) is 18.9 Å². The molecule has 3 aromatic rings. The topological polar surface area (TPSA) is 90.0 Å². The predicted octanol–water partition coefficient (Wildman–Crippen LogP) is 3.69. The second-order valence-electron chi connectivity index (χ2n) is 6.47. The smallest absolute Gasteiger partial charge is 0.399 e. The Morgan fingerprint density at radius 2 is 1.97 bits per heavy atom. The van der Waals surface area contributed by atoms with Crippen LogP contribution in [-0.2, 0) is 6.18 Å². The first-order valence-electron chi connectivity index (χ1n) is 8.49. The Labute approximate surface area is 167 Å². The van der Waals surface area contributed by atoms with Gasteiger partial charge in [-0.15, -0.1) is 11.3 Å². The van der Waals surface area contributed by atoms with Gasteiger partial charge in [-0.1, -0.05) is 0 Å². The fourth-order valence-electron chi connectivity index (χ4n) is 2.70. The number of carbonyl (C=O) groups is 1. The second-order valence-corrected chi connectivity index (χ2v) is 7.58. The molecule has 0 aliphatic carbocycles. The van der Waals surface area contributed by atoms with E-state index >= 15 is 0 Å². The van der Waals surface area contributed by atoms with E-state index in [-0.39, 0.29) is 16.9 Å². The summed E-state index contributed by atoms with van der Waals surface area (Å²) in [6.45, 7) is 3.41. The van der Waals surface area contributed by atoms with E-state index in [0.29, 0.717) is 5.69 Å². The average Bonchev–Trinajstić information content (AvgIpc) is 3.06. The molecule has 0 radical (unpaired) electrons. The number of thiophene rings is 1. The molecule has 1 aromatic carbocycles. The van der Waals surface area contributed by atoms with E-state index in [1.165, 1.54) is 36.5 Å². The summed E-state index contributed by atoms with van der Waals surface area (Å²) in [6.07, 6.45) is -4.55. The van der Waals surface area contributed by atoms with Gasteiger partial charge in [-0.3, -0.25) is 9.59 Å². The van der Waals surface area contributed by atoms with Gasteiger partial charge in [-0.2, -0.15) is 23.0 Å². The molecule has 0 fully saturated rings. The lowest BCUT2D eigenvalue weighted by Gasteiger charge is -2.17. The zero-order valence-corrected chi connectivity index (χ0v) is 16.3. The number of anilines is 1.